The van der Waals surface area contributed by atoms with E-state index in [4.69, 9.17) is 10.5 Å². The predicted molar refractivity (Wildman–Crippen MR) is 105 cm³/mol. The van der Waals surface area contributed by atoms with Gasteiger partial charge in [0.2, 0.25) is 0 Å². The molecule has 0 saturated carbocycles. The van der Waals surface area contributed by atoms with Crippen molar-refractivity contribution in [2.75, 3.05) is 13.7 Å². The molecule has 0 bridgehead atoms. The summed E-state index contributed by atoms with van der Waals surface area (Å²) in [6.07, 6.45) is 1.77. The minimum Gasteiger partial charge on any atom is -0.465 e. The number of carbonyl (C=O) groups excluding carboxylic acids is 1. The second kappa shape index (κ2) is 7.72. The Morgan fingerprint density at radius 3 is 2.78 bits per heavy atom. The Morgan fingerprint density at radius 1 is 1.30 bits per heavy atom. The molecule has 6 heteroatoms. The Bertz CT molecular complexity index is 978. The van der Waals surface area contributed by atoms with Crippen LogP contribution in [0.4, 0.5) is 0 Å². The lowest BCUT2D eigenvalue weighted by molar-refractivity contribution is 0.0600. The SMILES string of the molecule is COC(=O)c1cc(C)nc(-c2cnn(C)c2-c2cccc(C(C)CN)c2)c1. The number of methoxy groups -OCH3 is 1. The zero-order valence-corrected chi connectivity index (χ0v) is 16.1. The van der Waals surface area contributed by atoms with Crippen LogP contribution in [0.15, 0.2) is 42.6 Å². The third-order valence-electron chi connectivity index (χ3n) is 4.67. The van der Waals surface area contributed by atoms with Crippen molar-refractivity contribution in [1.82, 2.24) is 14.8 Å². The van der Waals surface area contributed by atoms with E-state index in [0.717, 1.165) is 22.5 Å². The summed E-state index contributed by atoms with van der Waals surface area (Å²) in [7, 11) is 3.27. The first-order valence-corrected chi connectivity index (χ1v) is 8.84. The van der Waals surface area contributed by atoms with E-state index in [1.54, 1.807) is 18.3 Å². The number of pyridine rings is 1. The van der Waals surface area contributed by atoms with Crippen LogP contribution in [-0.4, -0.2) is 34.4 Å². The molecule has 140 valence electrons. The van der Waals surface area contributed by atoms with E-state index in [1.807, 2.05) is 30.8 Å². The van der Waals surface area contributed by atoms with Crippen molar-refractivity contribution in [3.8, 4) is 22.5 Å². The number of aromatic nitrogens is 3. The molecule has 0 radical (unpaired) electrons. The average molecular weight is 364 g/mol. The lowest BCUT2D eigenvalue weighted by Gasteiger charge is -2.13. The van der Waals surface area contributed by atoms with Crippen molar-refractivity contribution < 1.29 is 9.53 Å². The number of hydrogen-bond acceptors (Lipinski definition) is 5. The van der Waals surface area contributed by atoms with Gasteiger partial charge in [0.1, 0.15) is 0 Å². The molecular formula is C21H24N4O2. The number of ether oxygens (including phenoxy) is 1. The summed E-state index contributed by atoms with van der Waals surface area (Å²) in [5, 5.41) is 4.42. The largest absolute Gasteiger partial charge is 0.465 e. The number of aryl methyl sites for hydroxylation is 2. The molecule has 1 unspecified atom stereocenters. The van der Waals surface area contributed by atoms with Gasteiger partial charge in [-0.15, -0.1) is 0 Å². The maximum absolute atomic E-state index is 12.0. The number of nitrogens with zero attached hydrogens (tertiary/aromatic N) is 3. The van der Waals surface area contributed by atoms with Crippen LogP contribution in [0.5, 0.6) is 0 Å². The van der Waals surface area contributed by atoms with Crippen molar-refractivity contribution in [1.29, 1.82) is 0 Å². The van der Waals surface area contributed by atoms with Crippen molar-refractivity contribution in [2.45, 2.75) is 19.8 Å². The van der Waals surface area contributed by atoms with Crippen LogP contribution in [-0.2, 0) is 11.8 Å². The first-order chi connectivity index (χ1) is 12.9. The van der Waals surface area contributed by atoms with E-state index in [2.05, 4.69) is 29.1 Å². The zero-order chi connectivity index (χ0) is 19.6. The molecule has 3 rings (SSSR count). The van der Waals surface area contributed by atoms with Gasteiger partial charge < -0.3 is 10.5 Å². The molecule has 2 heterocycles. The molecule has 0 aliphatic carbocycles. The number of carbonyl (C=O) groups is 1. The number of nitrogens with two attached hydrogens (primary N) is 1. The maximum Gasteiger partial charge on any atom is 0.337 e. The fourth-order valence-electron chi connectivity index (χ4n) is 3.14. The van der Waals surface area contributed by atoms with Crippen molar-refractivity contribution in [3.63, 3.8) is 0 Å². The summed E-state index contributed by atoms with van der Waals surface area (Å²) in [5.74, 6) is -0.115. The summed E-state index contributed by atoms with van der Waals surface area (Å²) in [4.78, 5) is 16.6. The van der Waals surface area contributed by atoms with E-state index in [0.29, 0.717) is 17.8 Å². The minimum atomic E-state index is -0.383. The molecule has 0 aliphatic heterocycles. The number of rotatable bonds is 5. The molecule has 1 aromatic carbocycles. The molecule has 2 aromatic heterocycles. The van der Waals surface area contributed by atoms with Crippen LogP contribution in [0.2, 0.25) is 0 Å². The molecular weight excluding hydrogens is 340 g/mol. The Morgan fingerprint density at radius 2 is 2.07 bits per heavy atom. The summed E-state index contributed by atoms with van der Waals surface area (Å²) in [5.41, 5.74) is 11.7. The molecule has 0 amide bonds. The highest BCUT2D eigenvalue weighted by atomic mass is 16.5. The van der Waals surface area contributed by atoms with Gasteiger partial charge >= 0.3 is 5.97 Å². The van der Waals surface area contributed by atoms with Crippen LogP contribution in [0.3, 0.4) is 0 Å². The van der Waals surface area contributed by atoms with Crippen LogP contribution < -0.4 is 5.73 Å². The zero-order valence-electron chi connectivity index (χ0n) is 16.1. The van der Waals surface area contributed by atoms with Crippen molar-refractivity contribution >= 4 is 5.97 Å². The van der Waals surface area contributed by atoms with Crippen LogP contribution in [0.25, 0.3) is 22.5 Å². The highest BCUT2D eigenvalue weighted by Crippen LogP contribution is 2.32. The Hall–Kier alpha value is -2.99. The van der Waals surface area contributed by atoms with Crippen molar-refractivity contribution in [2.24, 2.45) is 12.8 Å². The second-order valence-electron chi connectivity index (χ2n) is 6.67. The van der Waals surface area contributed by atoms with E-state index in [-0.39, 0.29) is 11.9 Å². The highest BCUT2D eigenvalue weighted by Gasteiger charge is 2.17. The molecule has 0 fully saturated rings. The number of benzene rings is 1. The first-order valence-electron chi connectivity index (χ1n) is 8.84. The van der Waals surface area contributed by atoms with Gasteiger partial charge in [0.05, 0.1) is 30.3 Å². The molecule has 6 nitrogen and oxygen atoms in total. The predicted octanol–water partition coefficient (Wildman–Crippen LogP) is 3.31. The fraction of sp³-hybridized carbons (Fsp3) is 0.286. The lowest BCUT2D eigenvalue weighted by atomic mass is 9.96. The van der Waals surface area contributed by atoms with Crippen molar-refractivity contribution in [3.05, 3.63) is 59.4 Å². The van der Waals surface area contributed by atoms with E-state index >= 15 is 0 Å². The lowest BCUT2D eigenvalue weighted by Crippen LogP contribution is -2.09. The quantitative estimate of drug-likeness (QED) is 0.702. The normalized spacial score (nSPS) is 12.0. The van der Waals surface area contributed by atoms with Gasteiger partial charge in [0.15, 0.2) is 0 Å². The molecule has 2 N–H and O–H groups in total. The van der Waals surface area contributed by atoms with Crippen LogP contribution in [0, 0.1) is 6.92 Å². The fourth-order valence-corrected chi connectivity index (χ4v) is 3.14. The standard InChI is InChI=1S/C21H24N4O2/c1-13(11-22)15-6-5-7-16(9-15)20-18(12-23-25(20)3)19-10-17(21(26)27-4)8-14(2)24-19/h5-10,12-13H,11,22H2,1-4H3. The van der Waals surface area contributed by atoms with Gasteiger partial charge in [-0.05, 0) is 43.1 Å². The van der Waals surface area contributed by atoms with Gasteiger partial charge in [0.25, 0.3) is 0 Å². The summed E-state index contributed by atoms with van der Waals surface area (Å²) in [6, 6.07) is 11.7. The second-order valence-corrected chi connectivity index (χ2v) is 6.67. The maximum atomic E-state index is 12.0. The minimum absolute atomic E-state index is 0.268. The third kappa shape index (κ3) is 3.75. The average Bonchev–Trinajstić information content (AvgIpc) is 3.07. The van der Waals surface area contributed by atoms with E-state index in [9.17, 15) is 4.79 Å². The van der Waals surface area contributed by atoms with Gasteiger partial charge in [-0.2, -0.15) is 5.10 Å². The summed E-state index contributed by atoms with van der Waals surface area (Å²) >= 11 is 0. The van der Waals surface area contributed by atoms with Gasteiger partial charge in [-0.3, -0.25) is 9.67 Å². The molecule has 0 spiro atoms. The Kier molecular flexibility index (Phi) is 5.37. The summed E-state index contributed by atoms with van der Waals surface area (Å²) < 4.78 is 6.68. The monoisotopic (exact) mass is 364 g/mol. The molecule has 0 aliphatic rings. The third-order valence-corrected chi connectivity index (χ3v) is 4.67. The van der Waals surface area contributed by atoms with E-state index in [1.165, 1.54) is 12.7 Å². The van der Waals surface area contributed by atoms with Gasteiger partial charge in [-0.1, -0.05) is 25.1 Å². The molecule has 0 saturated heterocycles. The van der Waals surface area contributed by atoms with Gasteiger partial charge in [-0.25, -0.2) is 4.79 Å². The van der Waals surface area contributed by atoms with Crippen LogP contribution >= 0.6 is 0 Å². The molecule has 1 atom stereocenters. The molecule has 3 aromatic rings. The van der Waals surface area contributed by atoms with Crippen LogP contribution in [0.1, 0.15) is 34.5 Å². The highest BCUT2D eigenvalue weighted by molar-refractivity contribution is 5.91. The first kappa shape index (κ1) is 18.8. The molecule has 27 heavy (non-hydrogen) atoms. The number of hydrogen-bond donors (Lipinski definition) is 1. The number of esters is 1. The Labute approximate surface area is 159 Å². The van der Waals surface area contributed by atoms with E-state index < -0.39 is 0 Å². The summed E-state index contributed by atoms with van der Waals surface area (Å²) in [6.45, 7) is 4.55. The van der Waals surface area contributed by atoms with Gasteiger partial charge in [0, 0.05) is 23.9 Å². The Balaban J connectivity index is 2.14. The topological polar surface area (TPSA) is 83.0 Å². The smallest absolute Gasteiger partial charge is 0.337 e.